The summed E-state index contributed by atoms with van der Waals surface area (Å²) in [7, 11) is 1.74. The largest absolute Gasteiger partial charge is 0.376 e. The first kappa shape index (κ1) is 23.8. The van der Waals surface area contributed by atoms with Crippen LogP contribution in [0.15, 0.2) is 54.6 Å². The van der Waals surface area contributed by atoms with E-state index < -0.39 is 0 Å². The molecule has 2 N–H and O–H groups in total. The van der Waals surface area contributed by atoms with Gasteiger partial charge in [-0.25, -0.2) is 4.79 Å². The molecule has 172 valence electrons. The number of hydrogen-bond donors (Lipinski definition) is 2. The van der Waals surface area contributed by atoms with Crippen LogP contribution < -0.4 is 10.6 Å². The zero-order valence-electron chi connectivity index (χ0n) is 19.0. The Balaban J connectivity index is 1.35. The minimum absolute atomic E-state index is 0.0802. The van der Waals surface area contributed by atoms with Gasteiger partial charge in [0.15, 0.2) is 0 Å². The highest BCUT2D eigenvalue weighted by Crippen LogP contribution is 2.12. The molecule has 1 fully saturated rings. The van der Waals surface area contributed by atoms with Crippen LogP contribution in [0.5, 0.6) is 0 Å². The van der Waals surface area contributed by atoms with Crippen molar-refractivity contribution in [1.29, 1.82) is 0 Å². The van der Waals surface area contributed by atoms with Crippen molar-refractivity contribution >= 4 is 11.9 Å². The molecule has 1 aliphatic rings. The third kappa shape index (κ3) is 7.98. The van der Waals surface area contributed by atoms with Crippen LogP contribution in [-0.2, 0) is 29.2 Å². The average molecular weight is 439 g/mol. The third-order valence-electron chi connectivity index (χ3n) is 5.45. The molecular weight excluding hydrogens is 404 g/mol. The maximum atomic E-state index is 12.2. The van der Waals surface area contributed by atoms with Gasteiger partial charge in [0.25, 0.3) is 0 Å². The molecule has 32 heavy (non-hydrogen) atoms. The quantitative estimate of drug-likeness (QED) is 0.631. The van der Waals surface area contributed by atoms with Crippen LogP contribution in [-0.4, -0.2) is 61.1 Å². The van der Waals surface area contributed by atoms with Crippen LogP contribution in [0.25, 0.3) is 0 Å². The van der Waals surface area contributed by atoms with E-state index in [-0.39, 0.29) is 24.5 Å². The lowest BCUT2D eigenvalue weighted by molar-refractivity contribution is -0.121. The summed E-state index contributed by atoms with van der Waals surface area (Å²) in [6.07, 6.45) is 0.515. The number of ether oxygens (including phenoxy) is 1. The Labute approximate surface area is 190 Å². The maximum Gasteiger partial charge on any atom is 0.317 e. The number of nitrogens with one attached hydrogen (secondary N) is 2. The first-order valence-electron chi connectivity index (χ1n) is 11.2. The molecule has 0 spiro atoms. The van der Waals surface area contributed by atoms with Gasteiger partial charge in [-0.2, -0.15) is 0 Å². The van der Waals surface area contributed by atoms with Gasteiger partial charge in [0.05, 0.1) is 12.7 Å². The Morgan fingerprint density at radius 2 is 1.81 bits per heavy atom. The van der Waals surface area contributed by atoms with Gasteiger partial charge in [-0.05, 0) is 23.6 Å². The second kappa shape index (κ2) is 12.2. The molecule has 1 atom stereocenters. The van der Waals surface area contributed by atoms with E-state index in [1.165, 1.54) is 5.56 Å². The number of benzene rings is 2. The standard InChI is InChI=1S/C25H34N4O3/c1-20-17-29(13-14-32-20)19-23-10-6-9-22(15-23)16-27-24(30)11-12-26-25(31)28(2)18-21-7-4-3-5-8-21/h3-10,15,20H,11-14,16-19H2,1-2H3,(H,26,31)(H,27,30). The van der Waals surface area contributed by atoms with E-state index in [2.05, 4.69) is 34.6 Å². The number of carbonyl (C=O) groups excluding carboxylic acids is 2. The van der Waals surface area contributed by atoms with Gasteiger partial charge < -0.3 is 20.3 Å². The van der Waals surface area contributed by atoms with Crippen molar-refractivity contribution in [3.8, 4) is 0 Å². The van der Waals surface area contributed by atoms with Gasteiger partial charge >= 0.3 is 6.03 Å². The van der Waals surface area contributed by atoms with E-state index in [0.717, 1.165) is 37.4 Å². The van der Waals surface area contributed by atoms with E-state index in [9.17, 15) is 9.59 Å². The van der Waals surface area contributed by atoms with Gasteiger partial charge in [-0.3, -0.25) is 9.69 Å². The van der Waals surface area contributed by atoms with Crippen molar-refractivity contribution in [1.82, 2.24) is 20.4 Å². The minimum Gasteiger partial charge on any atom is -0.376 e. The predicted molar refractivity (Wildman–Crippen MR) is 125 cm³/mol. The smallest absolute Gasteiger partial charge is 0.317 e. The molecule has 0 aliphatic carbocycles. The zero-order valence-corrected chi connectivity index (χ0v) is 19.0. The SMILES string of the molecule is CC1CN(Cc2cccc(CNC(=O)CCNC(=O)N(C)Cc3ccccc3)c2)CCO1. The highest BCUT2D eigenvalue weighted by molar-refractivity contribution is 5.78. The van der Waals surface area contributed by atoms with E-state index in [1.54, 1.807) is 11.9 Å². The fourth-order valence-electron chi connectivity index (χ4n) is 3.77. The summed E-state index contributed by atoms with van der Waals surface area (Å²) in [6, 6.07) is 17.9. The Morgan fingerprint density at radius 1 is 1.06 bits per heavy atom. The molecule has 7 heteroatoms. The number of hydrogen-bond acceptors (Lipinski definition) is 4. The van der Waals surface area contributed by atoms with Crippen molar-refractivity contribution in [3.63, 3.8) is 0 Å². The molecule has 7 nitrogen and oxygen atoms in total. The lowest BCUT2D eigenvalue weighted by atomic mass is 10.1. The molecule has 0 radical (unpaired) electrons. The topological polar surface area (TPSA) is 73.9 Å². The van der Waals surface area contributed by atoms with E-state index >= 15 is 0 Å². The number of amides is 3. The van der Waals surface area contributed by atoms with Crippen LogP contribution in [0.1, 0.15) is 30.0 Å². The highest BCUT2D eigenvalue weighted by Gasteiger charge is 2.16. The lowest BCUT2D eigenvalue weighted by Crippen LogP contribution is -2.40. The fraction of sp³-hybridized carbons (Fsp3) is 0.440. The fourth-order valence-corrected chi connectivity index (χ4v) is 3.77. The van der Waals surface area contributed by atoms with Crippen LogP contribution in [0.4, 0.5) is 4.79 Å². The molecule has 1 saturated heterocycles. The second-order valence-electron chi connectivity index (χ2n) is 8.34. The van der Waals surface area contributed by atoms with E-state index in [1.807, 2.05) is 42.5 Å². The Morgan fingerprint density at radius 3 is 2.59 bits per heavy atom. The molecule has 2 aromatic carbocycles. The van der Waals surface area contributed by atoms with Crippen molar-refractivity contribution < 1.29 is 14.3 Å². The van der Waals surface area contributed by atoms with Gasteiger partial charge in [0.1, 0.15) is 0 Å². The molecule has 2 aromatic rings. The van der Waals surface area contributed by atoms with Crippen LogP contribution >= 0.6 is 0 Å². The van der Waals surface area contributed by atoms with E-state index in [0.29, 0.717) is 19.6 Å². The van der Waals surface area contributed by atoms with E-state index in [4.69, 9.17) is 4.74 Å². The van der Waals surface area contributed by atoms with Crippen molar-refractivity contribution in [2.45, 2.75) is 39.1 Å². The highest BCUT2D eigenvalue weighted by atomic mass is 16.5. The number of urea groups is 1. The summed E-state index contributed by atoms with van der Waals surface area (Å²) < 4.78 is 5.60. The third-order valence-corrected chi connectivity index (χ3v) is 5.45. The molecule has 1 unspecified atom stereocenters. The van der Waals surface area contributed by atoms with Gasteiger partial charge in [-0.15, -0.1) is 0 Å². The normalized spacial score (nSPS) is 16.4. The summed E-state index contributed by atoms with van der Waals surface area (Å²) >= 11 is 0. The summed E-state index contributed by atoms with van der Waals surface area (Å²) in [6.45, 7) is 6.95. The molecule has 0 saturated carbocycles. The number of morpholine rings is 1. The van der Waals surface area contributed by atoms with Crippen molar-refractivity contribution in [2.75, 3.05) is 33.3 Å². The van der Waals surface area contributed by atoms with Crippen LogP contribution in [0, 0.1) is 0 Å². The monoisotopic (exact) mass is 438 g/mol. The number of nitrogens with zero attached hydrogens (tertiary/aromatic N) is 2. The zero-order chi connectivity index (χ0) is 22.8. The second-order valence-corrected chi connectivity index (χ2v) is 8.34. The Bertz CT molecular complexity index is 875. The number of rotatable bonds is 9. The Kier molecular flexibility index (Phi) is 9.07. The summed E-state index contributed by atoms with van der Waals surface area (Å²) in [5.74, 6) is -0.0802. The van der Waals surface area contributed by atoms with Crippen molar-refractivity contribution in [2.24, 2.45) is 0 Å². The van der Waals surface area contributed by atoms with Gasteiger partial charge in [0.2, 0.25) is 5.91 Å². The molecule has 1 aliphatic heterocycles. The molecule has 3 amide bonds. The summed E-state index contributed by atoms with van der Waals surface area (Å²) in [5.41, 5.74) is 3.37. The van der Waals surface area contributed by atoms with Gasteiger partial charge in [-0.1, -0.05) is 54.6 Å². The van der Waals surface area contributed by atoms with Crippen LogP contribution in [0.2, 0.25) is 0 Å². The summed E-state index contributed by atoms with van der Waals surface area (Å²) in [5, 5.41) is 5.74. The average Bonchev–Trinajstić information content (AvgIpc) is 2.78. The first-order valence-corrected chi connectivity index (χ1v) is 11.2. The number of carbonyl (C=O) groups is 2. The van der Waals surface area contributed by atoms with Crippen LogP contribution in [0.3, 0.4) is 0 Å². The molecule has 0 aromatic heterocycles. The molecule has 3 rings (SSSR count). The Hall–Kier alpha value is -2.90. The molecule has 0 bridgehead atoms. The maximum absolute atomic E-state index is 12.2. The summed E-state index contributed by atoms with van der Waals surface area (Å²) in [4.78, 5) is 28.4. The van der Waals surface area contributed by atoms with Gasteiger partial charge in [0, 0.05) is 52.7 Å². The predicted octanol–water partition coefficient (Wildman–Crippen LogP) is 2.76. The molecule has 1 heterocycles. The minimum atomic E-state index is -0.188. The van der Waals surface area contributed by atoms with Crippen molar-refractivity contribution in [3.05, 3.63) is 71.3 Å². The molecular formula is C25H34N4O3. The first-order chi connectivity index (χ1) is 15.5. The lowest BCUT2D eigenvalue weighted by Gasteiger charge is -2.31.